The number of primary amides is 1. The summed E-state index contributed by atoms with van der Waals surface area (Å²) in [7, 11) is 0. The normalized spacial score (nSPS) is 33.6. The van der Waals surface area contributed by atoms with Crippen LogP contribution in [0.3, 0.4) is 0 Å². The van der Waals surface area contributed by atoms with E-state index in [-0.39, 0.29) is 29.5 Å². The van der Waals surface area contributed by atoms with E-state index in [2.05, 4.69) is 5.32 Å². The zero-order valence-corrected chi connectivity index (χ0v) is 23.9. The summed E-state index contributed by atoms with van der Waals surface area (Å²) in [6.45, 7) is 4.56. The van der Waals surface area contributed by atoms with Gasteiger partial charge in [-0.05, 0) is 74.8 Å². The Morgan fingerprint density at radius 1 is 1.26 bits per heavy atom. The maximum absolute atomic E-state index is 14.7. The lowest BCUT2D eigenvalue weighted by molar-refractivity contribution is -0.318. The number of alkyl halides is 3. The molecule has 0 bridgehead atoms. The molecule has 10 nitrogen and oxygen atoms in total. The molecule has 2 heterocycles. The number of halogens is 3. The Bertz CT molecular complexity index is 1470. The smallest absolute Gasteiger partial charge is 0.417 e. The third-order valence-corrected chi connectivity index (χ3v) is 10.2. The van der Waals surface area contributed by atoms with Gasteiger partial charge in [-0.1, -0.05) is 13.8 Å². The number of fused-ring (bicyclic) bond motifs is 2. The minimum absolute atomic E-state index is 0.0577. The number of phenols is 1. The zero-order valence-electron chi connectivity index (χ0n) is 23.9. The van der Waals surface area contributed by atoms with Gasteiger partial charge in [-0.25, -0.2) is 0 Å². The molecule has 3 aliphatic carbocycles. The van der Waals surface area contributed by atoms with Crippen molar-refractivity contribution in [2.24, 2.45) is 17.6 Å². The molecule has 43 heavy (non-hydrogen) atoms. The molecule has 1 amide bonds. The number of benzene rings is 1. The number of likely N-dealkylation sites (N-methyl/N-ethyl adjacent to an activating group) is 1. The van der Waals surface area contributed by atoms with Crippen molar-refractivity contribution in [3.8, 4) is 5.75 Å². The molecular formula is C30H36F3N3O7. The molecule has 2 saturated heterocycles. The third kappa shape index (κ3) is 3.87. The zero-order chi connectivity index (χ0) is 31.2. The molecule has 234 valence electrons. The van der Waals surface area contributed by atoms with Gasteiger partial charge in [0.25, 0.3) is 5.91 Å². The SMILES string of the molecule is CCCN(CC)[C@@H]1C(O)=C(C(N)=O)[C@@]2(O)CO[C@@]23C(O)=C2C(=O)c4c(O)cc(C5CCCN5)c(C(F)(F)F)c4C[C@H]2C[C@@H]13. The van der Waals surface area contributed by atoms with E-state index in [1.807, 2.05) is 18.7 Å². The van der Waals surface area contributed by atoms with Crippen molar-refractivity contribution in [1.29, 1.82) is 0 Å². The molecule has 1 spiro atoms. The highest BCUT2D eigenvalue weighted by molar-refractivity contribution is 6.14. The quantitative estimate of drug-likeness (QED) is 0.285. The third-order valence-electron chi connectivity index (χ3n) is 10.2. The first-order valence-electron chi connectivity index (χ1n) is 14.8. The number of rotatable bonds is 6. The predicted octanol–water partition coefficient (Wildman–Crippen LogP) is 2.93. The molecular weight excluding hydrogens is 571 g/mol. The summed E-state index contributed by atoms with van der Waals surface area (Å²) < 4.78 is 50.1. The summed E-state index contributed by atoms with van der Waals surface area (Å²) in [4.78, 5) is 28.5. The number of amides is 1. The number of hydrogen-bond acceptors (Lipinski definition) is 9. The van der Waals surface area contributed by atoms with E-state index >= 15 is 0 Å². The van der Waals surface area contributed by atoms with Gasteiger partial charge in [0.05, 0.1) is 29.3 Å². The number of nitrogens with two attached hydrogens (primary N) is 1. The summed E-state index contributed by atoms with van der Waals surface area (Å²) >= 11 is 0. The van der Waals surface area contributed by atoms with Crippen molar-refractivity contribution in [3.63, 3.8) is 0 Å². The average molecular weight is 608 g/mol. The number of carbonyl (C=O) groups is 2. The maximum Gasteiger partial charge on any atom is 0.417 e. The molecule has 0 radical (unpaired) electrons. The van der Waals surface area contributed by atoms with Gasteiger partial charge in [0.2, 0.25) is 0 Å². The Hall–Kier alpha value is -3.13. The Labute approximate surface area is 246 Å². The second-order valence-corrected chi connectivity index (χ2v) is 12.3. The fourth-order valence-corrected chi connectivity index (χ4v) is 8.52. The minimum Gasteiger partial charge on any atom is -0.510 e. The second kappa shape index (κ2) is 9.94. The van der Waals surface area contributed by atoms with Crippen LogP contribution in [-0.2, 0) is 22.1 Å². The highest BCUT2D eigenvalue weighted by Gasteiger charge is 2.76. The molecule has 0 saturated carbocycles. The summed E-state index contributed by atoms with van der Waals surface area (Å²) in [5.74, 6) is -5.85. The Balaban J connectivity index is 1.58. The van der Waals surface area contributed by atoms with Crippen LogP contribution in [0.2, 0.25) is 0 Å². The molecule has 1 unspecified atom stereocenters. The van der Waals surface area contributed by atoms with E-state index in [1.54, 1.807) is 0 Å². The van der Waals surface area contributed by atoms with Crippen LogP contribution in [0, 0.1) is 11.8 Å². The molecule has 6 rings (SSSR count). The molecule has 0 aromatic heterocycles. The van der Waals surface area contributed by atoms with Crippen LogP contribution in [0.4, 0.5) is 13.2 Å². The summed E-state index contributed by atoms with van der Waals surface area (Å²) in [6, 6.07) is -0.657. The van der Waals surface area contributed by atoms with Crippen LogP contribution in [0.1, 0.15) is 72.6 Å². The molecule has 13 heteroatoms. The number of Topliss-reactive ketones (excluding diaryl/α,β-unsaturated/α-hetero) is 1. The van der Waals surface area contributed by atoms with Crippen LogP contribution >= 0.6 is 0 Å². The van der Waals surface area contributed by atoms with Gasteiger partial charge in [-0.2, -0.15) is 13.2 Å². The van der Waals surface area contributed by atoms with Gasteiger partial charge in [0.1, 0.15) is 17.3 Å². The monoisotopic (exact) mass is 607 g/mol. The van der Waals surface area contributed by atoms with Crippen LogP contribution in [-0.4, -0.2) is 80.5 Å². The minimum atomic E-state index is -4.83. The van der Waals surface area contributed by atoms with Crippen molar-refractivity contribution in [3.05, 3.63) is 51.0 Å². The van der Waals surface area contributed by atoms with Gasteiger partial charge in [-0.3, -0.25) is 14.5 Å². The number of aliphatic hydroxyl groups excluding tert-OH is 2. The van der Waals surface area contributed by atoms with E-state index in [0.717, 1.165) is 6.07 Å². The highest BCUT2D eigenvalue weighted by Crippen LogP contribution is 2.63. The standard InChI is InChI=1S/C30H36F3N3O7/c1-3-8-36(4-2)23-16-10-13-9-15-20(18(37)11-14(17-6-5-7-35-17)21(15)30(31,32)33)24(38)19(13)26(40)29(16)28(42,12-43-29)22(25(23)39)27(34)41/h11,13,16-17,23,35,37,39-40,42H,3-10,12H2,1-2H3,(H2,34,41)/t13-,16-,17?,23-,28-,29-/m0/s1. The number of phenolic OH excluding ortho intramolecular Hbond substituents is 1. The number of ketones is 1. The van der Waals surface area contributed by atoms with Crippen molar-refractivity contribution in [1.82, 2.24) is 10.2 Å². The van der Waals surface area contributed by atoms with Gasteiger partial charge < -0.3 is 36.2 Å². The lowest BCUT2D eigenvalue weighted by Gasteiger charge is -2.65. The van der Waals surface area contributed by atoms with E-state index in [9.17, 15) is 43.2 Å². The molecule has 5 aliphatic rings. The summed E-state index contributed by atoms with van der Waals surface area (Å²) in [5.41, 5.74) is -1.49. The first-order valence-corrected chi connectivity index (χ1v) is 14.8. The van der Waals surface area contributed by atoms with Gasteiger partial charge >= 0.3 is 6.18 Å². The number of nitrogens with one attached hydrogen (secondary N) is 1. The number of hydrogen-bond donors (Lipinski definition) is 6. The number of carbonyl (C=O) groups excluding carboxylic acids is 2. The fourth-order valence-electron chi connectivity index (χ4n) is 8.52. The summed E-state index contributed by atoms with van der Waals surface area (Å²) in [6.07, 6.45) is -3.48. The van der Waals surface area contributed by atoms with Gasteiger partial charge in [0, 0.05) is 17.5 Å². The van der Waals surface area contributed by atoms with Crippen LogP contribution < -0.4 is 11.1 Å². The van der Waals surface area contributed by atoms with E-state index in [1.165, 1.54) is 0 Å². The average Bonchev–Trinajstić information content (AvgIpc) is 3.45. The van der Waals surface area contributed by atoms with Crippen molar-refractivity contribution in [2.45, 2.75) is 75.4 Å². The van der Waals surface area contributed by atoms with Crippen molar-refractivity contribution >= 4 is 11.7 Å². The molecule has 7 N–H and O–H groups in total. The first-order chi connectivity index (χ1) is 20.2. The second-order valence-electron chi connectivity index (χ2n) is 12.3. The van der Waals surface area contributed by atoms with Crippen LogP contribution in [0.5, 0.6) is 5.75 Å². The number of aromatic hydroxyl groups is 1. The van der Waals surface area contributed by atoms with Crippen LogP contribution in [0.15, 0.2) is 28.7 Å². The first kappa shape index (κ1) is 29.9. The van der Waals surface area contributed by atoms with Crippen molar-refractivity contribution < 1.29 is 47.9 Å². The molecule has 2 fully saturated rings. The lowest BCUT2D eigenvalue weighted by atomic mass is 9.51. The number of ether oxygens (including phenoxy) is 1. The lowest BCUT2D eigenvalue weighted by Crippen LogP contribution is -2.80. The maximum atomic E-state index is 14.7. The largest absolute Gasteiger partial charge is 0.510 e. The Kier molecular flexibility index (Phi) is 6.92. The van der Waals surface area contributed by atoms with E-state index in [4.69, 9.17) is 10.5 Å². The number of allylic oxidation sites excluding steroid dienone is 1. The number of nitrogens with zero attached hydrogens (tertiary/aromatic N) is 1. The Morgan fingerprint density at radius 3 is 2.51 bits per heavy atom. The molecule has 6 atom stereocenters. The van der Waals surface area contributed by atoms with E-state index < -0.39 is 93.6 Å². The fraction of sp³-hybridized carbons (Fsp3) is 0.600. The predicted molar refractivity (Wildman–Crippen MR) is 146 cm³/mol. The molecule has 1 aromatic carbocycles. The topological polar surface area (TPSA) is 166 Å². The summed E-state index contributed by atoms with van der Waals surface area (Å²) in [5, 5.41) is 49.2. The highest BCUT2D eigenvalue weighted by atomic mass is 19.4. The molecule has 2 aliphatic heterocycles. The molecule has 1 aromatic rings. The van der Waals surface area contributed by atoms with E-state index in [0.29, 0.717) is 38.9 Å². The van der Waals surface area contributed by atoms with Crippen LogP contribution in [0.25, 0.3) is 0 Å². The Morgan fingerprint density at radius 2 is 1.98 bits per heavy atom. The van der Waals surface area contributed by atoms with Gasteiger partial charge in [0.15, 0.2) is 17.0 Å². The van der Waals surface area contributed by atoms with Crippen molar-refractivity contribution in [2.75, 3.05) is 26.2 Å². The van der Waals surface area contributed by atoms with Gasteiger partial charge in [-0.15, -0.1) is 0 Å². The number of aliphatic hydroxyl groups is 3.